The number of hydrogen-bond acceptors (Lipinski definition) is 4. The van der Waals surface area contributed by atoms with E-state index in [9.17, 15) is 4.79 Å². The molecule has 0 spiro atoms. The van der Waals surface area contributed by atoms with Crippen LogP contribution in [-0.2, 0) is 0 Å². The van der Waals surface area contributed by atoms with E-state index in [1.807, 2.05) is 24.3 Å². The van der Waals surface area contributed by atoms with Gasteiger partial charge in [0.25, 0.3) is 5.91 Å². The van der Waals surface area contributed by atoms with Gasteiger partial charge in [-0.15, -0.1) is 11.3 Å². The molecule has 1 amide bonds. The molecule has 0 saturated carbocycles. The number of fused-ring (bicyclic) bond motifs is 2. The largest absolute Gasteiger partial charge is 0.346 e. The minimum Gasteiger partial charge on any atom is -0.346 e. The van der Waals surface area contributed by atoms with Crippen molar-refractivity contribution in [2.45, 2.75) is 37.4 Å². The molecule has 4 nitrogen and oxygen atoms in total. The first-order chi connectivity index (χ1) is 10.7. The molecule has 3 heterocycles. The number of nitrogens with one attached hydrogen (secondary N) is 2. The number of nitrogens with zero attached hydrogens (tertiary/aromatic N) is 1. The zero-order valence-electron chi connectivity index (χ0n) is 11.9. The highest BCUT2D eigenvalue weighted by atomic mass is 35.5. The smallest absolute Gasteiger partial charge is 0.280 e. The van der Waals surface area contributed by atoms with Gasteiger partial charge in [0.05, 0.1) is 4.88 Å². The first kappa shape index (κ1) is 14.2. The summed E-state index contributed by atoms with van der Waals surface area (Å²) >= 11 is 7.32. The second kappa shape index (κ2) is 5.65. The van der Waals surface area contributed by atoms with Crippen LogP contribution in [0.25, 0.3) is 10.4 Å². The van der Waals surface area contributed by atoms with E-state index < -0.39 is 0 Å². The van der Waals surface area contributed by atoms with Crippen molar-refractivity contribution in [2.75, 3.05) is 0 Å². The average molecular weight is 334 g/mol. The van der Waals surface area contributed by atoms with Gasteiger partial charge in [0.1, 0.15) is 0 Å². The van der Waals surface area contributed by atoms with Crippen LogP contribution < -0.4 is 10.6 Å². The molecule has 2 aliphatic heterocycles. The topological polar surface area (TPSA) is 54.0 Å². The number of hydrogen-bond donors (Lipinski definition) is 2. The maximum Gasteiger partial charge on any atom is 0.280 e. The summed E-state index contributed by atoms with van der Waals surface area (Å²) in [7, 11) is 0. The van der Waals surface area contributed by atoms with Crippen molar-refractivity contribution in [3.05, 3.63) is 40.5 Å². The minimum atomic E-state index is -0.0652. The molecular formula is C16H16ClN3OS. The lowest BCUT2D eigenvalue weighted by Gasteiger charge is -2.20. The second-order valence-electron chi connectivity index (χ2n) is 5.90. The van der Waals surface area contributed by atoms with E-state index in [1.54, 1.807) is 6.20 Å². The highest BCUT2D eigenvalue weighted by Gasteiger charge is 2.39. The van der Waals surface area contributed by atoms with E-state index in [-0.39, 0.29) is 11.9 Å². The van der Waals surface area contributed by atoms with Crippen LogP contribution in [0.1, 0.15) is 29.1 Å². The summed E-state index contributed by atoms with van der Waals surface area (Å²) in [6.45, 7) is 0. The van der Waals surface area contributed by atoms with E-state index >= 15 is 0 Å². The molecule has 2 fully saturated rings. The number of halogens is 1. The van der Waals surface area contributed by atoms with Gasteiger partial charge in [0.15, 0.2) is 5.01 Å². The molecule has 0 aliphatic carbocycles. The Morgan fingerprint density at radius 2 is 2.14 bits per heavy atom. The Kier molecular flexibility index (Phi) is 3.64. The van der Waals surface area contributed by atoms with E-state index in [0.29, 0.717) is 22.1 Å². The maximum absolute atomic E-state index is 12.4. The van der Waals surface area contributed by atoms with E-state index in [2.05, 4.69) is 15.6 Å². The molecule has 3 atom stereocenters. The molecule has 0 radical (unpaired) electrons. The predicted octanol–water partition coefficient (Wildman–Crippen LogP) is 3.09. The third kappa shape index (κ3) is 2.64. The summed E-state index contributed by atoms with van der Waals surface area (Å²) in [5.74, 6) is -0.0652. The van der Waals surface area contributed by atoms with Crippen LogP contribution in [0, 0.1) is 0 Å². The Hall–Kier alpha value is -1.43. The van der Waals surface area contributed by atoms with Gasteiger partial charge in [0.2, 0.25) is 0 Å². The summed E-state index contributed by atoms with van der Waals surface area (Å²) in [5.41, 5.74) is 1.03. The molecule has 3 unspecified atom stereocenters. The number of benzene rings is 1. The first-order valence-electron chi connectivity index (χ1n) is 7.48. The van der Waals surface area contributed by atoms with Gasteiger partial charge in [-0.05, 0) is 37.0 Å². The van der Waals surface area contributed by atoms with Crippen LogP contribution in [-0.4, -0.2) is 29.0 Å². The van der Waals surface area contributed by atoms with Gasteiger partial charge >= 0.3 is 0 Å². The van der Waals surface area contributed by atoms with Crippen molar-refractivity contribution < 1.29 is 4.79 Å². The third-order valence-electron chi connectivity index (χ3n) is 4.45. The fourth-order valence-corrected chi connectivity index (χ4v) is 4.29. The summed E-state index contributed by atoms with van der Waals surface area (Å²) in [6.07, 6.45) is 5.17. The Balaban J connectivity index is 1.46. The minimum absolute atomic E-state index is 0.0652. The van der Waals surface area contributed by atoms with Crippen molar-refractivity contribution >= 4 is 28.8 Å². The molecule has 2 N–H and O–H groups in total. The number of carbonyl (C=O) groups is 1. The monoisotopic (exact) mass is 333 g/mol. The molecule has 1 aromatic carbocycles. The summed E-state index contributed by atoms with van der Waals surface area (Å²) in [6, 6.07) is 8.83. The van der Waals surface area contributed by atoms with Crippen LogP contribution in [0.4, 0.5) is 0 Å². The molecule has 2 saturated heterocycles. The Morgan fingerprint density at radius 3 is 2.82 bits per heavy atom. The van der Waals surface area contributed by atoms with Crippen LogP contribution in [0.2, 0.25) is 5.02 Å². The van der Waals surface area contributed by atoms with Gasteiger partial charge in [-0.25, -0.2) is 4.98 Å². The Labute approximate surface area is 137 Å². The lowest BCUT2D eigenvalue weighted by Crippen LogP contribution is -2.42. The molecular weight excluding hydrogens is 318 g/mol. The molecule has 2 aromatic rings. The van der Waals surface area contributed by atoms with Crippen molar-refractivity contribution in [3.63, 3.8) is 0 Å². The van der Waals surface area contributed by atoms with Gasteiger partial charge in [-0.2, -0.15) is 0 Å². The lowest BCUT2D eigenvalue weighted by atomic mass is 9.95. The van der Waals surface area contributed by atoms with Crippen LogP contribution >= 0.6 is 22.9 Å². The van der Waals surface area contributed by atoms with Gasteiger partial charge in [-0.1, -0.05) is 23.7 Å². The first-order valence-corrected chi connectivity index (χ1v) is 8.67. The molecule has 2 bridgehead atoms. The van der Waals surface area contributed by atoms with Crippen molar-refractivity contribution in [2.24, 2.45) is 0 Å². The van der Waals surface area contributed by atoms with E-state index in [4.69, 9.17) is 11.6 Å². The molecule has 1 aromatic heterocycles. The normalized spacial score (nSPS) is 26.3. The highest BCUT2D eigenvalue weighted by molar-refractivity contribution is 7.16. The molecule has 4 rings (SSSR count). The zero-order chi connectivity index (χ0) is 15.1. The average Bonchev–Trinajstić information content (AvgIpc) is 3.24. The maximum atomic E-state index is 12.4. The van der Waals surface area contributed by atoms with Crippen molar-refractivity contribution in [1.29, 1.82) is 0 Å². The molecule has 6 heteroatoms. The second-order valence-corrected chi connectivity index (χ2v) is 7.37. The van der Waals surface area contributed by atoms with Gasteiger partial charge in [0, 0.05) is 29.3 Å². The molecule has 2 aliphatic rings. The SMILES string of the molecule is O=C(NC1CC2CCC1N2)c1ncc(-c2ccc(Cl)cc2)s1. The quantitative estimate of drug-likeness (QED) is 0.907. The lowest BCUT2D eigenvalue weighted by molar-refractivity contribution is 0.0930. The number of thiazole rings is 1. The summed E-state index contributed by atoms with van der Waals surface area (Å²) < 4.78 is 0. The highest BCUT2D eigenvalue weighted by Crippen LogP contribution is 2.30. The van der Waals surface area contributed by atoms with Crippen molar-refractivity contribution in [1.82, 2.24) is 15.6 Å². The fraction of sp³-hybridized carbons (Fsp3) is 0.375. The van der Waals surface area contributed by atoms with Gasteiger partial charge < -0.3 is 10.6 Å². The zero-order valence-corrected chi connectivity index (χ0v) is 13.5. The van der Waals surface area contributed by atoms with Crippen LogP contribution in [0.5, 0.6) is 0 Å². The standard InChI is InChI=1S/C16H16ClN3OS/c17-10-3-1-9(2-4-10)14-8-18-16(22-14)15(21)20-13-7-11-5-6-12(13)19-11/h1-4,8,11-13,19H,5-7H2,(H,20,21). The number of aromatic nitrogens is 1. The molecule has 22 heavy (non-hydrogen) atoms. The number of carbonyl (C=O) groups excluding carboxylic acids is 1. The summed E-state index contributed by atoms with van der Waals surface area (Å²) in [4.78, 5) is 17.6. The van der Waals surface area contributed by atoms with E-state index in [0.717, 1.165) is 23.3 Å². The Bertz CT molecular complexity index is 700. The number of amides is 1. The third-order valence-corrected chi connectivity index (χ3v) is 5.74. The predicted molar refractivity (Wildman–Crippen MR) is 88.4 cm³/mol. The molecule has 114 valence electrons. The summed E-state index contributed by atoms with van der Waals surface area (Å²) in [5, 5.41) is 7.88. The number of rotatable bonds is 3. The Morgan fingerprint density at radius 1 is 1.32 bits per heavy atom. The van der Waals surface area contributed by atoms with Gasteiger partial charge in [-0.3, -0.25) is 4.79 Å². The fourth-order valence-electron chi connectivity index (χ4n) is 3.34. The van der Waals surface area contributed by atoms with E-state index in [1.165, 1.54) is 17.8 Å². The van der Waals surface area contributed by atoms with Crippen LogP contribution in [0.3, 0.4) is 0 Å². The van der Waals surface area contributed by atoms with Crippen molar-refractivity contribution in [3.8, 4) is 10.4 Å². The van der Waals surface area contributed by atoms with Crippen LogP contribution in [0.15, 0.2) is 30.5 Å².